The number of hydrogen-bond acceptors (Lipinski definition) is 5. The molecule has 0 spiro atoms. The zero-order valence-corrected chi connectivity index (χ0v) is 10.4. The number of ether oxygens (including phenoxy) is 3. The smallest absolute Gasteiger partial charge is 0.337 e. The van der Waals surface area contributed by atoms with Crippen molar-refractivity contribution in [1.29, 1.82) is 0 Å². The Labute approximate surface area is 111 Å². The van der Waals surface area contributed by atoms with Crippen molar-refractivity contribution in [2.45, 2.75) is 12.2 Å². The van der Waals surface area contributed by atoms with E-state index >= 15 is 0 Å². The number of hydrogen-bond donors (Lipinski definition) is 0. The zero-order valence-electron chi connectivity index (χ0n) is 11.4. The van der Waals surface area contributed by atoms with Crippen LogP contribution in [0.15, 0.2) is 35.4 Å². The van der Waals surface area contributed by atoms with E-state index < -0.39 is 24.1 Å². The predicted molar refractivity (Wildman–Crippen MR) is 64.1 cm³/mol. The molecule has 1 aromatic carbocycles. The standard InChI is InChI=1S/C14H12O5/c1-17-13(15)9-10(14(16)18-2)12-8-6-4-3-5-7(8)11(9)19-12/h3-6,11-12H,1-2H3/t11-,12+/i11D/m1/s1. The van der Waals surface area contributed by atoms with Gasteiger partial charge < -0.3 is 14.2 Å². The van der Waals surface area contributed by atoms with Crippen LogP contribution in [0.25, 0.3) is 0 Å². The summed E-state index contributed by atoms with van der Waals surface area (Å²) in [4.78, 5) is 23.9. The lowest BCUT2D eigenvalue weighted by Crippen LogP contribution is -2.19. The van der Waals surface area contributed by atoms with Gasteiger partial charge >= 0.3 is 11.9 Å². The molecule has 0 unspecified atom stereocenters. The van der Waals surface area contributed by atoms with Gasteiger partial charge in [-0.25, -0.2) is 9.59 Å². The van der Waals surface area contributed by atoms with E-state index in [4.69, 9.17) is 10.8 Å². The molecule has 0 saturated heterocycles. The van der Waals surface area contributed by atoms with E-state index in [0.717, 1.165) is 0 Å². The highest BCUT2D eigenvalue weighted by atomic mass is 16.5. The van der Waals surface area contributed by atoms with Gasteiger partial charge in [-0.3, -0.25) is 0 Å². The van der Waals surface area contributed by atoms with Crippen molar-refractivity contribution < 1.29 is 25.2 Å². The van der Waals surface area contributed by atoms with E-state index in [-0.39, 0.29) is 11.1 Å². The third-order valence-corrected chi connectivity index (χ3v) is 3.28. The number of methoxy groups -OCH3 is 2. The van der Waals surface area contributed by atoms with Gasteiger partial charge in [0.2, 0.25) is 0 Å². The lowest BCUT2D eigenvalue weighted by atomic mass is 9.86. The van der Waals surface area contributed by atoms with Crippen LogP contribution >= 0.6 is 0 Å². The minimum atomic E-state index is -1.71. The molecule has 0 fully saturated rings. The molecule has 3 rings (SSSR count). The van der Waals surface area contributed by atoms with Crippen LogP contribution in [-0.4, -0.2) is 26.2 Å². The van der Waals surface area contributed by atoms with Crippen LogP contribution < -0.4 is 0 Å². The molecule has 0 N–H and O–H groups in total. The molecule has 98 valence electrons. The van der Waals surface area contributed by atoms with E-state index in [1.165, 1.54) is 14.2 Å². The van der Waals surface area contributed by atoms with Crippen molar-refractivity contribution >= 4 is 11.9 Å². The highest BCUT2D eigenvalue weighted by molar-refractivity contribution is 6.04. The molecule has 0 saturated carbocycles. The second kappa shape index (κ2) is 4.20. The van der Waals surface area contributed by atoms with Gasteiger partial charge in [-0.15, -0.1) is 0 Å². The largest absolute Gasteiger partial charge is 0.466 e. The molecule has 5 nitrogen and oxygen atoms in total. The molecule has 2 atom stereocenters. The second-order valence-electron chi connectivity index (χ2n) is 4.19. The summed E-state index contributed by atoms with van der Waals surface area (Å²) >= 11 is 0. The minimum Gasteiger partial charge on any atom is -0.466 e. The minimum absolute atomic E-state index is 0.0491. The first kappa shape index (κ1) is 10.8. The number of benzene rings is 1. The molecule has 5 heteroatoms. The molecule has 2 aliphatic rings. The second-order valence-corrected chi connectivity index (χ2v) is 4.19. The Morgan fingerprint density at radius 2 is 1.68 bits per heavy atom. The molecule has 1 aromatic rings. The molecular formula is C14H12O5. The van der Waals surface area contributed by atoms with Crippen molar-refractivity contribution in [1.82, 2.24) is 0 Å². The van der Waals surface area contributed by atoms with Crippen LogP contribution in [0, 0.1) is 0 Å². The Bertz CT molecular complexity index is 651. The fourth-order valence-electron chi connectivity index (χ4n) is 2.46. The Balaban J connectivity index is 2.25. The summed E-state index contributed by atoms with van der Waals surface area (Å²) in [5, 5.41) is 0. The van der Waals surface area contributed by atoms with Crippen LogP contribution in [0.2, 0.25) is 0 Å². The Morgan fingerprint density at radius 3 is 2.32 bits per heavy atom. The average molecular weight is 261 g/mol. The average Bonchev–Trinajstić information content (AvgIpc) is 2.95. The molecule has 2 heterocycles. The van der Waals surface area contributed by atoms with Crippen molar-refractivity contribution in [3.8, 4) is 0 Å². The van der Waals surface area contributed by atoms with Gasteiger partial charge in [0.25, 0.3) is 0 Å². The summed E-state index contributed by atoms with van der Waals surface area (Å²) in [6.07, 6.45) is -2.47. The maximum absolute atomic E-state index is 12.0. The van der Waals surface area contributed by atoms with Crippen LogP contribution in [0.1, 0.15) is 24.7 Å². The number of esters is 2. The van der Waals surface area contributed by atoms with Crippen LogP contribution in [-0.2, 0) is 23.8 Å². The predicted octanol–water partition coefficient (Wildman–Crippen LogP) is 1.46. The van der Waals surface area contributed by atoms with Gasteiger partial charge in [-0.2, -0.15) is 0 Å². The summed E-state index contributed by atoms with van der Waals surface area (Å²) in [6, 6.07) is 7.03. The van der Waals surface area contributed by atoms with Crippen molar-refractivity contribution in [3.05, 3.63) is 46.5 Å². The van der Waals surface area contributed by atoms with Gasteiger partial charge in [0.15, 0.2) is 0 Å². The molecule has 0 amide bonds. The highest BCUT2D eigenvalue weighted by Crippen LogP contribution is 2.54. The topological polar surface area (TPSA) is 61.8 Å². The third-order valence-electron chi connectivity index (χ3n) is 3.28. The van der Waals surface area contributed by atoms with Gasteiger partial charge in [-0.05, 0) is 11.1 Å². The first-order valence-electron chi connectivity index (χ1n) is 6.23. The van der Waals surface area contributed by atoms with Crippen molar-refractivity contribution in [2.75, 3.05) is 14.2 Å². The molecule has 0 aliphatic carbocycles. The van der Waals surface area contributed by atoms with Crippen molar-refractivity contribution in [3.63, 3.8) is 0 Å². The lowest BCUT2D eigenvalue weighted by Gasteiger charge is -2.16. The zero-order chi connectivity index (χ0) is 14.5. The summed E-state index contributed by atoms with van der Waals surface area (Å²) in [6.45, 7) is 0. The summed E-state index contributed by atoms with van der Waals surface area (Å²) in [5.41, 5.74) is 1.21. The molecular weight excluding hydrogens is 248 g/mol. The fourth-order valence-corrected chi connectivity index (χ4v) is 2.46. The van der Waals surface area contributed by atoms with E-state index in [1.807, 2.05) is 0 Å². The van der Waals surface area contributed by atoms with Crippen LogP contribution in [0.5, 0.6) is 0 Å². The maximum Gasteiger partial charge on any atom is 0.337 e. The third kappa shape index (κ3) is 1.51. The fraction of sp³-hybridized carbons (Fsp3) is 0.286. The quantitative estimate of drug-likeness (QED) is 0.754. The van der Waals surface area contributed by atoms with Gasteiger partial charge in [-0.1, -0.05) is 24.3 Å². The van der Waals surface area contributed by atoms with E-state index in [9.17, 15) is 9.59 Å². The van der Waals surface area contributed by atoms with Crippen LogP contribution in [0.4, 0.5) is 0 Å². The number of fused-ring (bicyclic) bond motifs is 5. The van der Waals surface area contributed by atoms with Gasteiger partial charge in [0.05, 0.1) is 26.7 Å². The van der Waals surface area contributed by atoms with Gasteiger partial charge in [0, 0.05) is 0 Å². The van der Waals surface area contributed by atoms with Crippen LogP contribution in [0.3, 0.4) is 0 Å². The molecule has 2 aliphatic heterocycles. The monoisotopic (exact) mass is 261 g/mol. The number of rotatable bonds is 2. The van der Waals surface area contributed by atoms with E-state index in [0.29, 0.717) is 11.1 Å². The Kier molecular flexibility index (Phi) is 2.38. The van der Waals surface area contributed by atoms with E-state index in [2.05, 4.69) is 4.74 Å². The summed E-state index contributed by atoms with van der Waals surface area (Å²) in [7, 11) is 2.42. The SMILES string of the molecule is [2H][C@]12O[C@H](C(C(=O)OC)=C1C(=O)OC)c1ccccc12. The molecule has 0 radical (unpaired) electrons. The van der Waals surface area contributed by atoms with E-state index in [1.54, 1.807) is 24.3 Å². The Hall–Kier alpha value is -2.14. The molecule has 19 heavy (non-hydrogen) atoms. The molecule has 0 aromatic heterocycles. The first-order chi connectivity index (χ1) is 9.54. The number of carbonyl (C=O) groups excluding carboxylic acids is 2. The van der Waals surface area contributed by atoms with Gasteiger partial charge in [0.1, 0.15) is 12.2 Å². The van der Waals surface area contributed by atoms with Crippen molar-refractivity contribution in [2.24, 2.45) is 0 Å². The summed E-state index contributed by atoms with van der Waals surface area (Å²) in [5.74, 6) is -1.43. The molecule has 2 bridgehead atoms. The normalized spacial score (nSPS) is 27.9. The Morgan fingerprint density at radius 1 is 1.11 bits per heavy atom. The lowest BCUT2D eigenvalue weighted by molar-refractivity contribution is -0.139. The maximum atomic E-state index is 12.0. The number of carbonyl (C=O) groups is 2. The first-order valence-corrected chi connectivity index (χ1v) is 5.73. The summed E-state index contributed by atoms with van der Waals surface area (Å²) < 4.78 is 23.4. The highest BCUT2D eigenvalue weighted by Gasteiger charge is 2.50.